The van der Waals surface area contributed by atoms with Crippen LogP contribution in [0.5, 0.6) is 5.88 Å². The number of carbonyl (C=O) groups excluding carboxylic acids is 1. The van der Waals surface area contributed by atoms with Crippen LogP contribution >= 0.6 is 0 Å². The average Bonchev–Trinajstić information content (AvgIpc) is 2.64. The third-order valence-electron chi connectivity index (χ3n) is 3.94. The Morgan fingerprint density at radius 2 is 1.96 bits per heavy atom. The summed E-state index contributed by atoms with van der Waals surface area (Å²) in [5, 5.41) is 5.12. The van der Waals surface area contributed by atoms with Crippen molar-refractivity contribution < 1.29 is 31.1 Å². The van der Waals surface area contributed by atoms with Crippen molar-refractivity contribution in [2.24, 2.45) is 5.14 Å². The minimum Gasteiger partial charge on any atom is -0.468 e. The molecule has 2 rings (SSSR count). The highest BCUT2D eigenvalue weighted by molar-refractivity contribution is 7.89. The Hall–Kier alpha value is -2.66. The Balaban J connectivity index is 2.13. The first-order valence-electron chi connectivity index (χ1n) is 7.94. The number of aromatic nitrogens is 1. The molecule has 0 saturated heterocycles. The fourth-order valence-electron chi connectivity index (χ4n) is 2.30. The van der Waals surface area contributed by atoms with Crippen LogP contribution < -0.4 is 9.88 Å². The average molecular weight is 417 g/mol. The van der Waals surface area contributed by atoms with Gasteiger partial charge in [0.05, 0.1) is 16.5 Å². The minimum atomic E-state index is -4.49. The maximum atomic E-state index is 12.6. The highest BCUT2D eigenvalue weighted by Gasteiger charge is 2.28. The zero-order valence-corrected chi connectivity index (χ0v) is 15.8. The summed E-state index contributed by atoms with van der Waals surface area (Å²) in [5.41, 5.74) is 0.678. The molecule has 7 nitrogen and oxygen atoms in total. The van der Waals surface area contributed by atoms with Gasteiger partial charge in [-0.25, -0.2) is 18.5 Å². The first-order valence-corrected chi connectivity index (χ1v) is 9.48. The van der Waals surface area contributed by atoms with Gasteiger partial charge in [0.2, 0.25) is 15.9 Å². The molecular weight excluding hydrogens is 399 g/mol. The molecule has 0 radical (unpaired) electrons. The van der Waals surface area contributed by atoms with Gasteiger partial charge in [0.25, 0.3) is 5.91 Å². The maximum Gasteiger partial charge on any atom is 0.422 e. The van der Waals surface area contributed by atoms with Gasteiger partial charge in [0.1, 0.15) is 0 Å². The largest absolute Gasteiger partial charge is 0.468 e. The number of pyridine rings is 1. The predicted octanol–water partition coefficient (Wildman–Crippen LogP) is 2.50. The summed E-state index contributed by atoms with van der Waals surface area (Å²) in [6.07, 6.45) is -3.38. The van der Waals surface area contributed by atoms with Crippen LogP contribution in [0.1, 0.15) is 28.9 Å². The van der Waals surface area contributed by atoms with Crippen LogP contribution in [0.2, 0.25) is 0 Å². The van der Waals surface area contributed by atoms with Gasteiger partial charge >= 0.3 is 6.18 Å². The molecule has 2 aromatic rings. The molecule has 0 spiro atoms. The van der Waals surface area contributed by atoms with Crippen molar-refractivity contribution >= 4 is 15.9 Å². The van der Waals surface area contributed by atoms with Crippen molar-refractivity contribution in [1.29, 1.82) is 0 Å². The molecule has 0 bridgehead atoms. The van der Waals surface area contributed by atoms with E-state index in [0.29, 0.717) is 5.56 Å². The van der Waals surface area contributed by atoms with Crippen LogP contribution in [0.15, 0.2) is 47.5 Å². The summed E-state index contributed by atoms with van der Waals surface area (Å²) in [4.78, 5) is 17.6. The monoisotopic (exact) mass is 417 g/mol. The lowest BCUT2D eigenvalue weighted by Crippen LogP contribution is -2.30. The first-order chi connectivity index (χ1) is 12.9. The third-order valence-corrected chi connectivity index (χ3v) is 4.85. The molecule has 0 fully saturated rings. The number of hydrogen-bond donors (Lipinski definition) is 1. The summed E-state index contributed by atoms with van der Waals surface area (Å²) in [6.45, 7) is 0.207. The summed E-state index contributed by atoms with van der Waals surface area (Å²) >= 11 is 0. The molecule has 0 saturated carbocycles. The Morgan fingerprint density at radius 1 is 1.29 bits per heavy atom. The van der Waals surface area contributed by atoms with Gasteiger partial charge in [-0.05, 0) is 30.7 Å². The minimum absolute atomic E-state index is 0.0782. The Bertz CT molecular complexity index is 947. The number of ether oxygens (including phenoxy) is 1. The van der Waals surface area contributed by atoms with Crippen LogP contribution in [-0.4, -0.2) is 44.0 Å². The zero-order chi connectivity index (χ0) is 21.1. The lowest BCUT2D eigenvalue weighted by Gasteiger charge is -2.25. The molecule has 0 aliphatic rings. The van der Waals surface area contributed by atoms with Gasteiger partial charge in [0, 0.05) is 19.3 Å². The van der Waals surface area contributed by atoms with E-state index in [0.717, 1.165) is 6.20 Å². The van der Waals surface area contributed by atoms with E-state index in [1.165, 1.54) is 42.3 Å². The number of benzene rings is 1. The molecule has 1 aromatic heterocycles. The highest BCUT2D eigenvalue weighted by atomic mass is 32.2. The quantitative estimate of drug-likeness (QED) is 0.778. The number of rotatable bonds is 6. The Kier molecular flexibility index (Phi) is 6.30. The van der Waals surface area contributed by atoms with E-state index in [1.807, 2.05) is 0 Å². The number of alkyl halides is 3. The van der Waals surface area contributed by atoms with Crippen molar-refractivity contribution in [1.82, 2.24) is 9.88 Å². The van der Waals surface area contributed by atoms with Crippen molar-refractivity contribution in [3.05, 3.63) is 53.7 Å². The molecule has 1 unspecified atom stereocenters. The van der Waals surface area contributed by atoms with Gasteiger partial charge < -0.3 is 9.64 Å². The molecule has 0 aliphatic heterocycles. The number of carbonyl (C=O) groups is 1. The first kappa shape index (κ1) is 21.6. The molecule has 11 heteroatoms. The van der Waals surface area contributed by atoms with Gasteiger partial charge in [-0.3, -0.25) is 4.79 Å². The molecule has 1 aromatic carbocycles. The standard InChI is InChI=1S/C17H18F3N3O4S/c1-11(12-4-3-5-14(8-12)28(21,25)26)23(2)16(24)13-6-7-15(22-9-13)27-10-17(18,19)20/h3-9,11H,10H2,1-2H3,(H2,21,25,26). The molecule has 28 heavy (non-hydrogen) atoms. The van der Waals surface area contributed by atoms with Crippen LogP contribution in [0.4, 0.5) is 13.2 Å². The van der Waals surface area contributed by atoms with E-state index in [9.17, 15) is 26.4 Å². The number of nitrogens with zero attached hydrogens (tertiary/aromatic N) is 2. The summed E-state index contributed by atoms with van der Waals surface area (Å²) in [5.74, 6) is -0.714. The van der Waals surface area contributed by atoms with E-state index in [4.69, 9.17) is 5.14 Å². The number of halogens is 3. The van der Waals surface area contributed by atoms with E-state index in [1.54, 1.807) is 13.0 Å². The second-order valence-corrected chi connectivity index (χ2v) is 7.56. The summed E-state index contributed by atoms with van der Waals surface area (Å²) in [6, 6.07) is 7.83. The second kappa shape index (κ2) is 8.15. The lowest BCUT2D eigenvalue weighted by molar-refractivity contribution is -0.154. The lowest BCUT2D eigenvalue weighted by atomic mass is 10.1. The van der Waals surface area contributed by atoms with E-state index < -0.39 is 34.8 Å². The van der Waals surface area contributed by atoms with Gasteiger partial charge in [-0.15, -0.1) is 0 Å². The van der Waals surface area contributed by atoms with Crippen molar-refractivity contribution in [3.8, 4) is 5.88 Å². The third kappa shape index (κ3) is 5.67. The van der Waals surface area contributed by atoms with Crippen molar-refractivity contribution in [2.45, 2.75) is 24.0 Å². The molecule has 1 amide bonds. The Labute approximate surface area is 160 Å². The van der Waals surface area contributed by atoms with Crippen molar-refractivity contribution in [3.63, 3.8) is 0 Å². The normalized spacial score (nSPS) is 13.1. The summed E-state index contributed by atoms with van der Waals surface area (Å²) in [7, 11) is -2.38. The molecule has 152 valence electrons. The van der Waals surface area contributed by atoms with Crippen LogP contribution in [0, 0.1) is 0 Å². The number of sulfonamides is 1. The smallest absolute Gasteiger partial charge is 0.422 e. The second-order valence-electron chi connectivity index (χ2n) is 6.00. The maximum absolute atomic E-state index is 12.6. The fourth-order valence-corrected chi connectivity index (χ4v) is 2.87. The highest BCUT2D eigenvalue weighted by Crippen LogP contribution is 2.23. The molecule has 1 atom stereocenters. The molecule has 1 heterocycles. The number of nitrogens with two attached hydrogens (primary N) is 1. The van der Waals surface area contributed by atoms with Crippen LogP contribution in [0.25, 0.3) is 0 Å². The van der Waals surface area contributed by atoms with Gasteiger partial charge in [0.15, 0.2) is 6.61 Å². The molecule has 2 N–H and O–H groups in total. The van der Waals surface area contributed by atoms with Gasteiger partial charge in [-0.2, -0.15) is 13.2 Å². The van der Waals surface area contributed by atoms with E-state index in [2.05, 4.69) is 9.72 Å². The molecule has 0 aliphatic carbocycles. The zero-order valence-electron chi connectivity index (χ0n) is 15.0. The Morgan fingerprint density at radius 3 is 2.50 bits per heavy atom. The van der Waals surface area contributed by atoms with E-state index >= 15 is 0 Å². The van der Waals surface area contributed by atoms with Gasteiger partial charge in [-0.1, -0.05) is 12.1 Å². The molecular formula is C17H18F3N3O4S. The number of primary sulfonamides is 1. The van der Waals surface area contributed by atoms with E-state index in [-0.39, 0.29) is 16.3 Å². The SMILES string of the molecule is CC(c1cccc(S(N)(=O)=O)c1)N(C)C(=O)c1ccc(OCC(F)(F)F)nc1. The van der Waals surface area contributed by atoms with Crippen molar-refractivity contribution in [2.75, 3.05) is 13.7 Å². The number of amides is 1. The number of hydrogen-bond acceptors (Lipinski definition) is 5. The van der Waals surface area contributed by atoms with Crippen LogP contribution in [0.3, 0.4) is 0 Å². The predicted molar refractivity (Wildman–Crippen MR) is 94.1 cm³/mol. The van der Waals surface area contributed by atoms with Crippen LogP contribution in [-0.2, 0) is 10.0 Å². The topological polar surface area (TPSA) is 103 Å². The fraction of sp³-hybridized carbons (Fsp3) is 0.294. The summed E-state index contributed by atoms with van der Waals surface area (Å²) < 4.78 is 63.9.